The number of nitrogens with two attached hydrogens (primary N) is 1. The van der Waals surface area contributed by atoms with Crippen molar-refractivity contribution >= 4 is 34.8 Å². The van der Waals surface area contributed by atoms with Gasteiger partial charge in [0.2, 0.25) is 0 Å². The van der Waals surface area contributed by atoms with Crippen LogP contribution in [0.1, 0.15) is 106 Å². The summed E-state index contributed by atoms with van der Waals surface area (Å²) in [6.07, 6.45) is 10.0. The van der Waals surface area contributed by atoms with E-state index in [-0.39, 0.29) is 28.7 Å². The van der Waals surface area contributed by atoms with E-state index >= 15 is 0 Å². The van der Waals surface area contributed by atoms with Crippen molar-refractivity contribution in [2.24, 2.45) is 26.5 Å². The van der Waals surface area contributed by atoms with Gasteiger partial charge in [0.15, 0.2) is 17.0 Å². The average Bonchev–Trinajstić information content (AvgIpc) is 3.74. The van der Waals surface area contributed by atoms with E-state index in [0.717, 1.165) is 103 Å². The third-order valence-corrected chi connectivity index (χ3v) is 13.7. The molecule has 8 rings (SSSR count). The summed E-state index contributed by atoms with van der Waals surface area (Å²) in [7, 11) is 7.14. The van der Waals surface area contributed by atoms with Crippen LogP contribution < -0.4 is 5.73 Å². The Labute approximate surface area is 309 Å². The molecule has 6 aliphatic rings. The summed E-state index contributed by atoms with van der Waals surface area (Å²) < 4.78 is 11.2. The first-order valence-electron chi connectivity index (χ1n) is 18.8. The number of fused-ring (bicyclic) bond motifs is 6. The SMILES string of the molecule is C=C(C)c1ccc2c(c1)C1(N=C(C)N(C)C1=O)C1(CCC(OC)CC1)C2.C=C(C)c1ccc2c(c1)C1(N=C(N)N(C)C1=O)C1(CCC(OC)CC1)C2. The number of methoxy groups -OCH3 is 2. The maximum absolute atomic E-state index is 13.6. The first kappa shape index (κ1) is 36.3. The fourth-order valence-corrected chi connectivity index (χ4v) is 10.5. The maximum atomic E-state index is 13.6. The highest BCUT2D eigenvalue weighted by Gasteiger charge is 2.67. The molecule has 4 aliphatic carbocycles. The van der Waals surface area contributed by atoms with Gasteiger partial charge in [0.25, 0.3) is 11.8 Å². The molecule has 0 bridgehead atoms. The van der Waals surface area contributed by atoms with Crippen LogP contribution >= 0.6 is 0 Å². The molecule has 9 heteroatoms. The van der Waals surface area contributed by atoms with Gasteiger partial charge in [-0.25, -0.2) is 4.99 Å². The van der Waals surface area contributed by atoms with Crippen LogP contribution in [0.15, 0.2) is 59.5 Å². The summed E-state index contributed by atoms with van der Waals surface area (Å²) in [5.74, 6) is 1.26. The highest BCUT2D eigenvalue weighted by molar-refractivity contribution is 6.09. The number of carbonyl (C=O) groups excluding carboxylic acids is 2. The lowest BCUT2D eigenvalue weighted by Gasteiger charge is -2.45. The summed E-state index contributed by atoms with van der Waals surface area (Å²) in [5, 5.41) is 0. The second kappa shape index (κ2) is 12.8. The van der Waals surface area contributed by atoms with Gasteiger partial charge in [-0.05, 0) is 130 Å². The lowest BCUT2D eigenvalue weighted by molar-refractivity contribution is -0.138. The number of rotatable bonds is 4. The van der Waals surface area contributed by atoms with Crippen molar-refractivity contribution in [2.45, 2.75) is 108 Å². The first-order valence-corrected chi connectivity index (χ1v) is 18.8. The van der Waals surface area contributed by atoms with Gasteiger partial charge in [-0.2, -0.15) is 0 Å². The quantitative estimate of drug-likeness (QED) is 0.378. The molecule has 2 atom stereocenters. The second-order valence-electron chi connectivity index (χ2n) is 16.4. The Hall–Kier alpha value is -4.08. The average molecular weight is 706 g/mol. The van der Waals surface area contributed by atoms with Crippen LogP contribution in [0.2, 0.25) is 0 Å². The molecule has 2 aliphatic heterocycles. The molecule has 2 unspecified atom stereocenters. The van der Waals surface area contributed by atoms with Crippen molar-refractivity contribution in [3.8, 4) is 0 Å². The van der Waals surface area contributed by atoms with Crippen molar-refractivity contribution in [2.75, 3.05) is 28.3 Å². The van der Waals surface area contributed by atoms with Crippen LogP contribution in [0.25, 0.3) is 11.1 Å². The lowest BCUT2D eigenvalue weighted by Crippen LogP contribution is -2.51. The fraction of sp³-hybridized carbons (Fsp3) is 0.535. The van der Waals surface area contributed by atoms with E-state index in [2.05, 4.69) is 49.6 Å². The second-order valence-corrected chi connectivity index (χ2v) is 16.4. The molecule has 276 valence electrons. The molecule has 9 nitrogen and oxygen atoms in total. The lowest BCUT2D eigenvalue weighted by atomic mass is 9.61. The van der Waals surface area contributed by atoms with Crippen molar-refractivity contribution in [1.82, 2.24) is 9.80 Å². The molecule has 0 radical (unpaired) electrons. The van der Waals surface area contributed by atoms with Crippen molar-refractivity contribution in [3.05, 3.63) is 82.9 Å². The normalized spacial score (nSPS) is 33.1. The molecule has 0 aromatic heterocycles. The maximum Gasteiger partial charge on any atom is 0.262 e. The molecule has 2 N–H and O–H groups in total. The topological polar surface area (TPSA) is 110 Å². The standard InChI is InChI=1S/C22H28N2O2.C21H27N3O2/c1-14(2)16-6-7-17-13-21(10-8-18(26-5)9-11-21)22(19(17)12-16)20(25)24(4)15(3)23-22;1-13(2)14-5-6-15-12-20(9-7-16(26-4)8-10-20)21(17(15)11-14)18(25)24(3)19(22)23-21/h6-7,12,18H,1,8-11,13H2,2-5H3;5-6,11,16H,1,7-10,12H2,2-4H3,(H2,22,23). The number of aliphatic imine (C=N–C) groups is 2. The Balaban J connectivity index is 0.000000162. The molecule has 2 amide bonds. The van der Waals surface area contributed by atoms with Crippen molar-refractivity contribution < 1.29 is 19.1 Å². The number of likely N-dealkylation sites (N-methyl/N-ethyl adjacent to an activating group) is 2. The third-order valence-electron chi connectivity index (χ3n) is 13.7. The van der Waals surface area contributed by atoms with Crippen LogP contribution in [-0.4, -0.2) is 73.9 Å². The Morgan fingerprint density at radius 3 is 1.46 bits per heavy atom. The largest absolute Gasteiger partial charge is 0.381 e. The molecule has 52 heavy (non-hydrogen) atoms. The molecular formula is C43H55N5O4. The van der Waals surface area contributed by atoms with Crippen LogP contribution in [0, 0.1) is 10.8 Å². The zero-order valence-corrected chi connectivity index (χ0v) is 32.1. The van der Waals surface area contributed by atoms with Gasteiger partial charge in [0, 0.05) is 39.1 Å². The van der Waals surface area contributed by atoms with Gasteiger partial charge < -0.3 is 20.1 Å². The van der Waals surface area contributed by atoms with Crippen molar-refractivity contribution in [1.29, 1.82) is 0 Å². The number of ether oxygens (including phenoxy) is 2. The smallest absolute Gasteiger partial charge is 0.262 e. The van der Waals surface area contributed by atoms with E-state index in [1.165, 1.54) is 16.0 Å². The zero-order chi connectivity index (χ0) is 37.4. The number of amides is 2. The molecule has 2 aromatic carbocycles. The highest BCUT2D eigenvalue weighted by atomic mass is 16.5. The fourth-order valence-electron chi connectivity index (χ4n) is 10.5. The molecule has 2 saturated carbocycles. The highest BCUT2D eigenvalue weighted by Crippen LogP contribution is 2.63. The molecule has 2 heterocycles. The van der Waals surface area contributed by atoms with E-state index in [9.17, 15) is 9.59 Å². The number of allylic oxidation sites excluding steroid dienone is 2. The van der Waals surface area contributed by atoms with E-state index in [1.54, 1.807) is 26.2 Å². The van der Waals surface area contributed by atoms with Crippen LogP contribution in [0.3, 0.4) is 0 Å². The monoisotopic (exact) mass is 705 g/mol. The Morgan fingerprint density at radius 2 is 1.13 bits per heavy atom. The van der Waals surface area contributed by atoms with E-state index in [4.69, 9.17) is 25.2 Å². The van der Waals surface area contributed by atoms with E-state index < -0.39 is 11.1 Å². The van der Waals surface area contributed by atoms with Gasteiger partial charge in [-0.1, -0.05) is 48.6 Å². The van der Waals surface area contributed by atoms with Crippen LogP contribution in [-0.2, 0) is 43.0 Å². The van der Waals surface area contributed by atoms with Gasteiger partial charge in [-0.3, -0.25) is 19.5 Å². The van der Waals surface area contributed by atoms with Crippen LogP contribution in [0.5, 0.6) is 0 Å². The molecule has 2 aromatic rings. The molecule has 4 spiro atoms. The van der Waals surface area contributed by atoms with Gasteiger partial charge in [0.1, 0.15) is 5.84 Å². The minimum atomic E-state index is -0.897. The van der Waals surface area contributed by atoms with Gasteiger partial charge >= 0.3 is 0 Å². The molecular weight excluding hydrogens is 651 g/mol. The summed E-state index contributed by atoms with van der Waals surface area (Å²) in [4.78, 5) is 40.2. The first-order chi connectivity index (χ1) is 24.7. The minimum absolute atomic E-state index is 0.00322. The van der Waals surface area contributed by atoms with E-state index in [1.807, 2.05) is 27.8 Å². The number of hydrogen-bond donors (Lipinski definition) is 1. The van der Waals surface area contributed by atoms with Gasteiger partial charge in [0.05, 0.1) is 12.2 Å². The molecule has 2 fully saturated rings. The number of hydrogen-bond acceptors (Lipinski definition) is 7. The minimum Gasteiger partial charge on any atom is -0.381 e. The summed E-state index contributed by atoms with van der Waals surface area (Å²) in [5.41, 5.74) is 12.9. The number of carbonyl (C=O) groups is 2. The third kappa shape index (κ3) is 5.02. The predicted octanol–water partition coefficient (Wildman–Crippen LogP) is 6.77. The summed E-state index contributed by atoms with van der Waals surface area (Å²) in [6, 6.07) is 12.9. The van der Waals surface area contributed by atoms with Crippen molar-refractivity contribution in [3.63, 3.8) is 0 Å². The Morgan fingerprint density at radius 1 is 0.731 bits per heavy atom. The molecule has 0 saturated heterocycles. The number of guanidine groups is 1. The zero-order valence-electron chi connectivity index (χ0n) is 32.1. The van der Waals surface area contributed by atoms with Crippen LogP contribution in [0.4, 0.5) is 0 Å². The Kier molecular flexibility index (Phi) is 8.93. The predicted molar refractivity (Wildman–Crippen MR) is 207 cm³/mol. The van der Waals surface area contributed by atoms with Gasteiger partial charge in [-0.15, -0.1) is 0 Å². The number of amidine groups is 1. The number of benzene rings is 2. The number of nitrogens with zero attached hydrogens (tertiary/aromatic N) is 4. The summed E-state index contributed by atoms with van der Waals surface area (Å²) in [6.45, 7) is 14.1. The van der Waals surface area contributed by atoms with E-state index in [0.29, 0.717) is 12.1 Å². The Bertz CT molecular complexity index is 1780. The summed E-state index contributed by atoms with van der Waals surface area (Å²) >= 11 is 0.